The number of aromatic nitrogens is 3. The number of benzene rings is 4. The van der Waals surface area contributed by atoms with Gasteiger partial charge in [0.15, 0.2) is 17.5 Å². The van der Waals surface area contributed by atoms with E-state index in [1.807, 2.05) is 0 Å². The van der Waals surface area contributed by atoms with Crippen molar-refractivity contribution in [2.45, 2.75) is 50.7 Å². The van der Waals surface area contributed by atoms with E-state index in [1.165, 1.54) is 50.2 Å². The number of hydrogen-bond acceptors (Lipinski definition) is 5. The molecule has 5 nitrogen and oxygen atoms in total. The number of fused-ring (bicyclic) bond motifs is 10. The summed E-state index contributed by atoms with van der Waals surface area (Å²) in [6.07, 6.45) is 36.7. The maximum Gasteiger partial charge on any atom is 0.164 e. The molecule has 0 saturated heterocycles. The third-order valence-corrected chi connectivity index (χ3v) is 14.3. The van der Waals surface area contributed by atoms with Crippen molar-refractivity contribution in [3.8, 4) is 17.1 Å². The van der Waals surface area contributed by atoms with E-state index in [0.717, 1.165) is 59.4 Å². The number of ether oxygens (including phenoxy) is 1. The zero-order valence-electron chi connectivity index (χ0n) is 34.1. The Morgan fingerprint density at radius 1 is 0.705 bits per heavy atom. The Bertz CT molecular complexity index is 3070. The van der Waals surface area contributed by atoms with Crippen molar-refractivity contribution in [2.24, 2.45) is 17.8 Å². The second kappa shape index (κ2) is 13.6. The summed E-state index contributed by atoms with van der Waals surface area (Å²) in [6.45, 7) is 2.20. The molecule has 6 unspecified atom stereocenters. The highest BCUT2D eigenvalue weighted by molar-refractivity contribution is 5.88. The van der Waals surface area contributed by atoms with Crippen molar-refractivity contribution in [1.29, 1.82) is 0 Å². The minimum absolute atomic E-state index is 0.0859. The van der Waals surface area contributed by atoms with Gasteiger partial charge in [-0.1, -0.05) is 121 Å². The molecule has 8 aliphatic rings. The van der Waals surface area contributed by atoms with E-state index in [4.69, 9.17) is 19.7 Å². The van der Waals surface area contributed by atoms with Crippen molar-refractivity contribution >= 4 is 33.7 Å². The van der Waals surface area contributed by atoms with Crippen LogP contribution in [-0.4, -0.2) is 27.1 Å². The third-order valence-electron chi connectivity index (χ3n) is 14.3. The van der Waals surface area contributed by atoms with Crippen LogP contribution in [0.5, 0.6) is 5.75 Å². The van der Waals surface area contributed by atoms with Crippen LogP contribution in [0.25, 0.3) is 39.4 Å². The highest BCUT2D eigenvalue weighted by atomic mass is 16.5. The lowest BCUT2D eigenvalue weighted by Crippen LogP contribution is -2.35. The largest absolute Gasteiger partial charge is 0.485 e. The standard InChI is InChI=1S/C56H44N4O/c1-33-9-8-14-38-30-40(19-24-43(33)38)55-57-54(39-18-17-34-10-2-3-13-37(34)29-39)58-56(59-55)41-20-25-46-47-32-42(23-28-50(47)61-51(46)31-41)60-48-26-21-35-11-4-6-15-44(35)52(48)53-45-16-7-5-12-36(45)22-27-49(53)60/h2-4,6-11,13-18,20-23,25-32,35,44,46,49,51,53H,5,12,19,24H2,1H3. The molecule has 0 saturated carbocycles. The van der Waals surface area contributed by atoms with Crippen LogP contribution in [-0.2, 0) is 6.42 Å². The van der Waals surface area contributed by atoms with E-state index in [0.29, 0.717) is 29.4 Å². The molecule has 3 heterocycles. The van der Waals surface area contributed by atoms with Crippen molar-refractivity contribution in [1.82, 2.24) is 15.0 Å². The van der Waals surface area contributed by atoms with Gasteiger partial charge in [0.25, 0.3) is 0 Å². The van der Waals surface area contributed by atoms with Gasteiger partial charge >= 0.3 is 0 Å². The molecule has 6 aliphatic carbocycles. The number of hydrogen-bond donors (Lipinski definition) is 0. The highest BCUT2D eigenvalue weighted by Crippen LogP contribution is 2.54. The van der Waals surface area contributed by atoms with Crippen molar-refractivity contribution < 1.29 is 4.74 Å². The predicted octanol–water partition coefficient (Wildman–Crippen LogP) is 12.2. The van der Waals surface area contributed by atoms with Crippen LogP contribution < -0.4 is 9.64 Å². The lowest BCUT2D eigenvalue weighted by molar-refractivity contribution is 0.269. The van der Waals surface area contributed by atoms with Gasteiger partial charge in [-0.2, -0.15) is 0 Å². The highest BCUT2D eigenvalue weighted by Gasteiger charge is 2.48. The summed E-state index contributed by atoms with van der Waals surface area (Å²) < 4.78 is 6.79. The molecule has 0 radical (unpaired) electrons. The van der Waals surface area contributed by atoms with Gasteiger partial charge < -0.3 is 9.64 Å². The molecule has 1 aromatic heterocycles. The van der Waals surface area contributed by atoms with Crippen LogP contribution in [0.15, 0.2) is 180 Å². The molecule has 294 valence electrons. The summed E-state index contributed by atoms with van der Waals surface area (Å²) in [4.78, 5) is 18.2. The summed E-state index contributed by atoms with van der Waals surface area (Å²) in [7, 11) is 0. The Labute approximate surface area is 356 Å². The minimum Gasteiger partial charge on any atom is -0.485 e. The van der Waals surface area contributed by atoms with Gasteiger partial charge in [0, 0.05) is 51.8 Å². The van der Waals surface area contributed by atoms with Crippen LogP contribution in [0.4, 0.5) is 5.69 Å². The molecule has 0 amide bonds. The predicted molar refractivity (Wildman–Crippen MR) is 247 cm³/mol. The van der Waals surface area contributed by atoms with Crippen LogP contribution in [0.3, 0.4) is 0 Å². The maximum atomic E-state index is 6.79. The lowest BCUT2D eigenvalue weighted by Gasteiger charge is -2.35. The smallest absolute Gasteiger partial charge is 0.164 e. The molecule has 61 heavy (non-hydrogen) atoms. The molecule has 6 atom stereocenters. The van der Waals surface area contributed by atoms with Crippen LogP contribution >= 0.6 is 0 Å². The molecule has 5 heteroatoms. The van der Waals surface area contributed by atoms with Gasteiger partial charge in [-0.05, 0) is 125 Å². The monoisotopic (exact) mass is 788 g/mol. The third kappa shape index (κ3) is 5.56. The van der Waals surface area contributed by atoms with Crippen LogP contribution in [0.2, 0.25) is 0 Å². The van der Waals surface area contributed by atoms with E-state index in [9.17, 15) is 0 Å². The van der Waals surface area contributed by atoms with Crippen molar-refractivity contribution in [2.75, 3.05) is 4.90 Å². The number of aryl methyl sites for hydroxylation is 1. The van der Waals surface area contributed by atoms with Gasteiger partial charge in [-0.3, -0.25) is 0 Å². The molecule has 0 bridgehead atoms. The lowest BCUT2D eigenvalue weighted by atomic mass is 9.69. The SMILES string of the molecule is Cc1cccc2c1CCC(c1nc(C3=CC4Oc5ccc(N6C7=C(C8C=CC=CC8C=C7)C7C8=C(C=CC76)CCC=C8)cc5C4C=C3)nc(-c3ccc4ccccc4c3)n1)=C2. The van der Waals surface area contributed by atoms with Crippen molar-refractivity contribution in [3.63, 3.8) is 0 Å². The Hall–Kier alpha value is -6.85. The first-order valence-electron chi connectivity index (χ1n) is 22.0. The maximum absolute atomic E-state index is 6.79. The molecular weight excluding hydrogens is 745 g/mol. The van der Waals surface area contributed by atoms with Gasteiger partial charge in [0.2, 0.25) is 0 Å². The first-order chi connectivity index (χ1) is 30.1. The van der Waals surface area contributed by atoms with E-state index in [2.05, 4.69) is 176 Å². The van der Waals surface area contributed by atoms with Gasteiger partial charge in [0.1, 0.15) is 11.9 Å². The Morgan fingerprint density at radius 3 is 2.57 bits per heavy atom. The molecule has 5 aromatic rings. The first-order valence-corrected chi connectivity index (χ1v) is 22.0. The Kier molecular flexibility index (Phi) is 7.79. The fourth-order valence-corrected chi connectivity index (χ4v) is 11.3. The molecule has 4 aromatic carbocycles. The Balaban J connectivity index is 0.863. The molecule has 0 spiro atoms. The number of rotatable bonds is 4. The average Bonchev–Trinajstić information content (AvgIpc) is 3.86. The zero-order valence-corrected chi connectivity index (χ0v) is 34.1. The second-order valence-corrected chi connectivity index (χ2v) is 17.7. The summed E-state index contributed by atoms with van der Waals surface area (Å²) >= 11 is 0. The summed E-state index contributed by atoms with van der Waals surface area (Å²) in [5.74, 6) is 4.23. The fraction of sp³-hybridized carbons (Fsp3) is 0.196. The number of allylic oxidation sites excluding steroid dienone is 13. The summed E-state index contributed by atoms with van der Waals surface area (Å²) in [5.41, 5.74) is 15.4. The van der Waals surface area contributed by atoms with Crippen LogP contribution in [0.1, 0.15) is 59.1 Å². The molecule has 0 fully saturated rings. The molecule has 0 N–H and O–H groups in total. The molecule has 2 aliphatic heterocycles. The van der Waals surface area contributed by atoms with Gasteiger partial charge in [-0.15, -0.1) is 0 Å². The van der Waals surface area contributed by atoms with E-state index in [-0.39, 0.29) is 18.1 Å². The van der Waals surface area contributed by atoms with Gasteiger partial charge in [-0.25, -0.2) is 15.0 Å². The van der Waals surface area contributed by atoms with E-state index in [1.54, 1.807) is 5.57 Å². The van der Waals surface area contributed by atoms with Gasteiger partial charge in [0.05, 0.1) is 6.04 Å². The quantitative estimate of drug-likeness (QED) is 0.182. The topological polar surface area (TPSA) is 51.1 Å². The van der Waals surface area contributed by atoms with E-state index < -0.39 is 0 Å². The first kappa shape index (κ1) is 35.0. The molecule has 13 rings (SSSR count). The number of nitrogens with zero attached hydrogens (tertiary/aromatic N) is 4. The normalized spacial score (nSPS) is 26.0. The average molecular weight is 789 g/mol. The van der Waals surface area contributed by atoms with Crippen LogP contribution in [0, 0.1) is 24.7 Å². The minimum atomic E-state index is -0.163. The summed E-state index contributed by atoms with van der Waals surface area (Å²) in [5, 5.41) is 2.36. The Morgan fingerprint density at radius 2 is 1.61 bits per heavy atom. The van der Waals surface area contributed by atoms with E-state index >= 15 is 0 Å². The van der Waals surface area contributed by atoms with Crippen molar-refractivity contribution in [3.05, 3.63) is 214 Å². The molecular formula is C56H44N4O. The zero-order chi connectivity index (χ0) is 40.2. The summed E-state index contributed by atoms with van der Waals surface area (Å²) in [6, 6.07) is 28.6. The second-order valence-electron chi connectivity index (χ2n) is 17.7. The fourth-order valence-electron chi connectivity index (χ4n) is 11.3. The number of anilines is 1.